The lowest BCUT2D eigenvalue weighted by Crippen LogP contribution is -2.10. The molecule has 0 atom stereocenters. The van der Waals surface area contributed by atoms with Crippen molar-refractivity contribution in [2.45, 2.75) is 46.2 Å². The second kappa shape index (κ2) is 5.55. The first-order chi connectivity index (χ1) is 8.45. The van der Waals surface area contributed by atoms with Gasteiger partial charge in [0.2, 0.25) is 0 Å². The standard InChI is InChI=1S/C15H21NS2/c1-11-5-6-12(17-11)9-16-10-13-7-8-14(18-13)15(2,3)4/h5-8,16H,9-10H2,1-4H3. The molecule has 2 rings (SSSR count). The van der Waals surface area contributed by atoms with Crippen LogP contribution in [0.3, 0.4) is 0 Å². The van der Waals surface area contributed by atoms with E-state index in [1.54, 1.807) is 0 Å². The van der Waals surface area contributed by atoms with Crippen LogP contribution in [0.2, 0.25) is 0 Å². The third kappa shape index (κ3) is 3.67. The van der Waals surface area contributed by atoms with Crippen LogP contribution >= 0.6 is 22.7 Å². The Balaban J connectivity index is 1.85. The van der Waals surface area contributed by atoms with Gasteiger partial charge in [-0.2, -0.15) is 0 Å². The fourth-order valence-electron chi connectivity index (χ4n) is 1.77. The molecular formula is C15H21NS2. The van der Waals surface area contributed by atoms with Crippen LogP contribution in [0.1, 0.15) is 40.3 Å². The lowest BCUT2D eigenvalue weighted by atomic mass is 9.95. The molecule has 0 spiro atoms. The van der Waals surface area contributed by atoms with Crippen molar-refractivity contribution >= 4 is 22.7 Å². The van der Waals surface area contributed by atoms with E-state index in [0.29, 0.717) is 0 Å². The maximum absolute atomic E-state index is 3.52. The first kappa shape index (κ1) is 13.8. The molecule has 98 valence electrons. The van der Waals surface area contributed by atoms with E-state index < -0.39 is 0 Å². The predicted molar refractivity (Wildman–Crippen MR) is 82.6 cm³/mol. The van der Waals surface area contributed by atoms with Crippen LogP contribution in [0.5, 0.6) is 0 Å². The van der Waals surface area contributed by atoms with Crippen molar-refractivity contribution in [2.75, 3.05) is 0 Å². The number of hydrogen-bond donors (Lipinski definition) is 1. The van der Waals surface area contributed by atoms with Crippen molar-refractivity contribution in [1.29, 1.82) is 0 Å². The van der Waals surface area contributed by atoms with Crippen molar-refractivity contribution in [3.63, 3.8) is 0 Å². The molecule has 0 radical (unpaired) electrons. The van der Waals surface area contributed by atoms with Crippen LogP contribution in [0, 0.1) is 6.92 Å². The summed E-state index contributed by atoms with van der Waals surface area (Å²) in [6.45, 7) is 10.9. The molecular weight excluding hydrogens is 258 g/mol. The number of hydrogen-bond acceptors (Lipinski definition) is 3. The van der Waals surface area contributed by atoms with Gasteiger partial charge in [-0.15, -0.1) is 22.7 Å². The second-order valence-corrected chi connectivity index (χ2v) is 8.17. The monoisotopic (exact) mass is 279 g/mol. The van der Waals surface area contributed by atoms with Gasteiger partial charge in [-0.1, -0.05) is 20.8 Å². The summed E-state index contributed by atoms with van der Waals surface area (Å²) in [5.74, 6) is 0. The smallest absolute Gasteiger partial charge is 0.0303 e. The van der Waals surface area contributed by atoms with Crippen molar-refractivity contribution in [2.24, 2.45) is 0 Å². The summed E-state index contributed by atoms with van der Waals surface area (Å²) in [4.78, 5) is 5.69. The maximum atomic E-state index is 3.52. The van der Waals surface area contributed by atoms with Crippen molar-refractivity contribution < 1.29 is 0 Å². The second-order valence-electron chi connectivity index (χ2n) is 5.63. The summed E-state index contributed by atoms with van der Waals surface area (Å²) in [5.41, 5.74) is 0.272. The highest BCUT2D eigenvalue weighted by Crippen LogP contribution is 2.29. The van der Waals surface area contributed by atoms with E-state index in [4.69, 9.17) is 0 Å². The Morgan fingerprint density at radius 3 is 2.06 bits per heavy atom. The van der Waals surface area contributed by atoms with Gasteiger partial charge >= 0.3 is 0 Å². The van der Waals surface area contributed by atoms with Gasteiger partial charge in [0.25, 0.3) is 0 Å². The molecule has 18 heavy (non-hydrogen) atoms. The summed E-state index contributed by atoms with van der Waals surface area (Å²) in [6, 6.07) is 8.90. The quantitative estimate of drug-likeness (QED) is 0.855. The van der Waals surface area contributed by atoms with E-state index >= 15 is 0 Å². The minimum absolute atomic E-state index is 0.272. The van der Waals surface area contributed by atoms with Gasteiger partial charge in [-0.25, -0.2) is 0 Å². The molecule has 2 aromatic rings. The van der Waals surface area contributed by atoms with E-state index in [0.717, 1.165) is 13.1 Å². The Morgan fingerprint density at radius 2 is 1.56 bits per heavy atom. The van der Waals surface area contributed by atoms with Crippen LogP contribution in [-0.4, -0.2) is 0 Å². The Hall–Kier alpha value is -0.640. The highest BCUT2D eigenvalue weighted by molar-refractivity contribution is 7.12. The molecule has 0 aliphatic carbocycles. The molecule has 0 bridgehead atoms. The molecule has 0 aliphatic rings. The molecule has 0 aromatic carbocycles. The summed E-state index contributed by atoms with van der Waals surface area (Å²) in [5, 5.41) is 3.52. The highest BCUT2D eigenvalue weighted by atomic mass is 32.1. The van der Waals surface area contributed by atoms with Crippen molar-refractivity contribution in [1.82, 2.24) is 5.32 Å². The van der Waals surface area contributed by atoms with Crippen LogP contribution in [0.4, 0.5) is 0 Å². The molecule has 3 heteroatoms. The number of thiophene rings is 2. The van der Waals surface area contributed by atoms with E-state index in [9.17, 15) is 0 Å². The van der Waals surface area contributed by atoms with Gasteiger partial charge in [0, 0.05) is 32.6 Å². The van der Waals surface area contributed by atoms with Crippen LogP contribution in [-0.2, 0) is 18.5 Å². The maximum Gasteiger partial charge on any atom is 0.0303 e. The van der Waals surface area contributed by atoms with Crippen molar-refractivity contribution in [3.05, 3.63) is 43.8 Å². The zero-order valence-electron chi connectivity index (χ0n) is 11.5. The molecule has 0 amide bonds. The Kier molecular flexibility index (Phi) is 4.25. The molecule has 2 aromatic heterocycles. The fourth-order valence-corrected chi connectivity index (χ4v) is 3.66. The number of rotatable bonds is 4. The Morgan fingerprint density at radius 1 is 0.944 bits per heavy atom. The largest absolute Gasteiger partial charge is 0.307 e. The zero-order valence-corrected chi connectivity index (χ0v) is 13.2. The van der Waals surface area contributed by atoms with Crippen molar-refractivity contribution in [3.8, 4) is 0 Å². The van der Waals surface area contributed by atoms with E-state index in [1.807, 2.05) is 22.7 Å². The minimum atomic E-state index is 0.272. The molecule has 0 fully saturated rings. The van der Waals surface area contributed by atoms with Crippen LogP contribution in [0.25, 0.3) is 0 Å². The molecule has 0 aliphatic heterocycles. The van der Waals surface area contributed by atoms with E-state index in [2.05, 4.69) is 57.3 Å². The first-order valence-electron chi connectivity index (χ1n) is 6.30. The summed E-state index contributed by atoms with van der Waals surface area (Å²) in [6.07, 6.45) is 0. The van der Waals surface area contributed by atoms with Gasteiger partial charge in [0.15, 0.2) is 0 Å². The average Bonchev–Trinajstić information content (AvgIpc) is 2.87. The summed E-state index contributed by atoms with van der Waals surface area (Å²) < 4.78 is 0. The highest BCUT2D eigenvalue weighted by Gasteiger charge is 2.15. The Labute approximate surface area is 118 Å². The van der Waals surface area contributed by atoms with E-state index in [1.165, 1.54) is 19.5 Å². The third-order valence-electron chi connectivity index (χ3n) is 2.80. The lowest BCUT2D eigenvalue weighted by molar-refractivity contribution is 0.604. The molecule has 1 N–H and O–H groups in total. The van der Waals surface area contributed by atoms with Gasteiger partial charge in [-0.3, -0.25) is 0 Å². The summed E-state index contributed by atoms with van der Waals surface area (Å²) >= 11 is 3.79. The topological polar surface area (TPSA) is 12.0 Å². The lowest BCUT2D eigenvalue weighted by Gasteiger charge is -2.15. The molecule has 1 nitrogen and oxygen atoms in total. The molecule has 0 saturated heterocycles. The zero-order chi connectivity index (χ0) is 13.2. The number of aryl methyl sites for hydroxylation is 1. The Bertz CT molecular complexity index is 503. The summed E-state index contributed by atoms with van der Waals surface area (Å²) in [7, 11) is 0. The fraction of sp³-hybridized carbons (Fsp3) is 0.467. The molecule has 0 unspecified atom stereocenters. The predicted octanol–water partition coefficient (Wildman–Crippen LogP) is 4.71. The number of nitrogens with one attached hydrogen (secondary N) is 1. The van der Waals surface area contributed by atoms with E-state index in [-0.39, 0.29) is 5.41 Å². The molecule has 2 heterocycles. The van der Waals surface area contributed by atoms with Crippen LogP contribution in [0.15, 0.2) is 24.3 Å². The van der Waals surface area contributed by atoms with Gasteiger partial charge in [0.1, 0.15) is 0 Å². The van der Waals surface area contributed by atoms with Crippen LogP contribution < -0.4 is 5.32 Å². The SMILES string of the molecule is Cc1ccc(CNCc2ccc(C(C)(C)C)s2)s1. The first-order valence-corrected chi connectivity index (χ1v) is 7.94. The van der Waals surface area contributed by atoms with Gasteiger partial charge in [-0.05, 0) is 36.6 Å². The molecule has 0 saturated carbocycles. The van der Waals surface area contributed by atoms with Gasteiger partial charge in [0.05, 0.1) is 0 Å². The average molecular weight is 279 g/mol. The minimum Gasteiger partial charge on any atom is -0.307 e. The normalized spacial score (nSPS) is 12.0. The van der Waals surface area contributed by atoms with Gasteiger partial charge < -0.3 is 5.32 Å². The third-order valence-corrected chi connectivity index (χ3v) is 5.31.